The molecule has 0 aromatic heterocycles. The van der Waals surface area contributed by atoms with Crippen molar-refractivity contribution in [2.24, 2.45) is 0 Å². The number of hydrogen-bond donors (Lipinski definition) is 2. The first-order valence-electron chi connectivity index (χ1n) is 11.3. The summed E-state index contributed by atoms with van der Waals surface area (Å²) >= 11 is 5.82. The van der Waals surface area contributed by atoms with Crippen molar-refractivity contribution in [1.29, 1.82) is 0 Å². The zero-order chi connectivity index (χ0) is 19.9. The van der Waals surface area contributed by atoms with Crippen LogP contribution in [0.3, 0.4) is 0 Å². The van der Waals surface area contributed by atoms with Crippen molar-refractivity contribution >= 4 is 11.6 Å². The SMILES string of the molecule is CCCCCCCCCCCCCCCCC(C)c1cc(O)c(Cl)cc1O. The van der Waals surface area contributed by atoms with Crippen molar-refractivity contribution in [3.8, 4) is 11.5 Å². The van der Waals surface area contributed by atoms with E-state index in [1.807, 2.05) is 0 Å². The molecule has 0 aliphatic rings. The maximum atomic E-state index is 10.0. The Labute approximate surface area is 172 Å². The van der Waals surface area contributed by atoms with Crippen LogP contribution >= 0.6 is 11.6 Å². The number of halogens is 1. The molecule has 0 fully saturated rings. The van der Waals surface area contributed by atoms with Crippen molar-refractivity contribution in [3.63, 3.8) is 0 Å². The Morgan fingerprint density at radius 1 is 0.704 bits per heavy atom. The zero-order valence-electron chi connectivity index (χ0n) is 17.6. The van der Waals surface area contributed by atoms with E-state index in [4.69, 9.17) is 11.6 Å². The van der Waals surface area contributed by atoms with E-state index in [2.05, 4.69) is 13.8 Å². The van der Waals surface area contributed by atoms with Crippen LogP contribution in [0.15, 0.2) is 12.1 Å². The van der Waals surface area contributed by atoms with Gasteiger partial charge in [0.05, 0.1) is 5.02 Å². The normalized spacial score (nSPS) is 12.4. The summed E-state index contributed by atoms with van der Waals surface area (Å²) in [6.07, 6.45) is 20.2. The molecule has 27 heavy (non-hydrogen) atoms. The molecule has 2 N–H and O–H groups in total. The Morgan fingerprint density at radius 3 is 1.63 bits per heavy atom. The fraction of sp³-hybridized carbons (Fsp3) is 0.750. The van der Waals surface area contributed by atoms with Gasteiger partial charge in [-0.1, -0.05) is 115 Å². The topological polar surface area (TPSA) is 40.5 Å². The lowest BCUT2D eigenvalue weighted by Crippen LogP contribution is -1.95. The lowest BCUT2D eigenvalue weighted by atomic mass is 9.93. The molecule has 1 unspecified atom stereocenters. The molecule has 0 aliphatic carbocycles. The van der Waals surface area contributed by atoms with E-state index in [1.165, 1.54) is 96.0 Å². The first kappa shape index (κ1) is 24.1. The van der Waals surface area contributed by atoms with Crippen molar-refractivity contribution < 1.29 is 10.2 Å². The highest BCUT2D eigenvalue weighted by molar-refractivity contribution is 6.32. The largest absolute Gasteiger partial charge is 0.508 e. The Morgan fingerprint density at radius 2 is 1.15 bits per heavy atom. The standard InChI is InChI=1S/C24H41ClO2/c1-3-4-5-6-7-8-9-10-11-12-13-14-15-16-17-20(2)21-18-24(27)22(25)19-23(21)26/h18-20,26-27H,3-17H2,1-2H3. The maximum Gasteiger partial charge on any atom is 0.134 e. The summed E-state index contributed by atoms with van der Waals surface area (Å²) in [5.41, 5.74) is 0.798. The fourth-order valence-electron chi connectivity index (χ4n) is 3.76. The zero-order valence-corrected chi connectivity index (χ0v) is 18.4. The third-order valence-electron chi connectivity index (χ3n) is 5.62. The number of unbranched alkanes of at least 4 members (excludes halogenated alkanes) is 13. The van der Waals surface area contributed by atoms with Gasteiger partial charge in [-0.2, -0.15) is 0 Å². The number of aromatic hydroxyl groups is 2. The summed E-state index contributed by atoms with van der Waals surface area (Å²) in [7, 11) is 0. The molecule has 1 rings (SSSR count). The van der Waals surface area contributed by atoms with Gasteiger partial charge in [-0.3, -0.25) is 0 Å². The van der Waals surface area contributed by atoms with Crippen molar-refractivity contribution in [1.82, 2.24) is 0 Å². The van der Waals surface area contributed by atoms with Crippen LogP contribution in [0.5, 0.6) is 11.5 Å². The smallest absolute Gasteiger partial charge is 0.134 e. The van der Waals surface area contributed by atoms with Gasteiger partial charge < -0.3 is 10.2 Å². The molecule has 3 heteroatoms. The Balaban J connectivity index is 1.96. The third-order valence-corrected chi connectivity index (χ3v) is 5.92. The predicted molar refractivity (Wildman–Crippen MR) is 118 cm³/mol. The molecule has 1 aromatic rings. The lowest BCUT2D eigenvalue weighted by Gasteiger charge is -2.14. The number of rotatable bonds is 16. The van der Waals surface area contributed by atoms with E-state index < -0.39 is 0 Å². The Hall–Kier alpha value is -0.890. The van der Waals surface area contributed by atoms with E-state index in [1.54, 1.807) is 6.07 Å². The van der Waals surface area contributed by atoms with Gasteiger partial charge in [0, 0.05) is 11.6 Å². The minimum atomic E-state index is 0.0530. The maximum absolute atomic E-state index is 10.0. The van der Waals surface area contributed by atoms with E-state index in [0.29, 0.717) is 0 Å². The molecule has 1 atom stereocenters. The quantitative estimate of drug-likeness (QED) is 0.216. The molecule has 156 valence electrons. The van der Waals surface area contributed by atoms with Crippen LogP contribution in [0, 0.1) is 0 Å². The Kier molecular flexibility index (Phi) is 13.5. The number of benzene rings is 1. The van der Waals surface area contributed by atoms with Crippen LogP contribution in [-0.2, 0) is 0 Å². The summed E-state index contributed by atoms with van der Waals surface area (Å²) in [5.74, 6) is 0.485. The van der Waals surface area contributed by atoms with Gasteiger partial charge in [0.15, 0.2) is 0 Å². The molecule has 0 bridgehead atoms. The first-order valence-corrected chi connectivity index (χ1v) is 11.7. The van der Waals surface area contributed by atoms with Crippen LogP contribution in [0.2, 0.25) is 5.02 Å². The van der Waals surface area contributed by atoms with Gasteiger partial charge >= 0.3 is 0 Å². The molecule has 0 spiro atoms. The molecule has 0 amide bonds. The number of phenolic OH excluding ortho intramolecular Hbond substituents is 2. The van der Waals surface area contributed by atoms with Crippen LogP contribution < -0.4 is 0 Å². The summed E-state index contributed by atoms with van der Waals surface area (Å²) in [5, 5.41) is 19.9. The van der Waals surface area contributed by atoms with Crippen LogP contribution in [0.4, 0.5) is 0 Å². The van der Waals surface area contributed by atoms with Gasteiger partial charge in [-0.15, -0.1) is 0 Å². The van der Waals surface area contributed by atoms with Crippen molar-refractivity contribution in [2.75, 3.05) is 0 Å². The average molecular weight is 397 g/mol. The number of phenols is 2. The van der Waals surface area contributed by atoms with Crippen molar-refractivity contribution in [3.05, 3.63) is 22.7 Å². The Bertz CT molecular complexity index is 501. The van der Waals surface area contributed by atoms with Gasteiger partial charge in [0.1, 0.15) is 11.5 Å². The molecule has 0 saturated heterocycles. The average Bonchev–Trinajstić information content (AvgIpc) is 2.64. The van der Waals surface area contributed by atoms with Crippen LogP contribution in [0.1, 0.15) is 122 Å². The van der Waals surface area contributed by atoms with Crippen LogP contribution in [-0.4, -0.2) is 10.2 Å². The van der Waals surface area contributed by atoms with E-state index in [-0.39, 0.29) is 22.4 Å². The molecule has 1 aromatic carbocycles. The second kappa shape index (κ2) is 15.1. The first-order chi connectivity index (χ1) is 13.1. The molecule has 0 aliphatic heterocycles. The second-order valence-corrected chi connectivity index (χ2v) is 8.56. The fourth-order valence-corrected chi connectivity index (χ4v) is 3.92. The van der Waals surface area contributed by atoms with Gasteiger partial charge in [-0.05, 0) is 18.4 Å². The molecular weight excluding hydrogens is 356 g/mol. The highest BCUT2D eigenvalue weighted by atomic mass is 35.5. The lowest BCUT2D eigenvalue weighted by molar-refractivity contribution is 0.445. The van der Waals surface area contributed by atoms with Crippen molar-refractivity contribution in [2.45, 2.75) is 116 Å². The molecule has 2 nitrogen and oxygen atoms in total. The summed E-state index contributed by atoms with van der Waals surface area (Å²) in [6, 6.07) is 3.04. The van der Waals surface area contributed by atoms with Crippen LogP contribution in [0.25, 0.3) is 0 Å². The van der Waals surface area contributed by atoms with E-state index in [0.717, 1.165) is 12.0 Å². The minimum absolute atomic E-state index is 0.0530. The summed E-state index contributed by atoms with van der Waals surface area (Å²) in [6.45, 7) is 4.38. The molecular formula is C24H41ClO2. The van der Waals surface area contributed by atoms with Gasteiger partial charge in [0.25, 0.3) is 0 Å². The predicted octanol–water partition coefficient (Wildman–Crippen LogP) is 8.73. The summed E-state index contributed by atoms with van der Waals surface area (Å²) < 4.78 is 0. The van der Waals surface area contributed by atoms with Gasteiger partial charge in [0.2, 0.25) is 0 Å². The molecule has 0 radical (unpaired) electrons. The highest BCUT2D eigenvalue weighted by Gasteiger charge is 2.13. The van der Waals surface area contributed by atoms with Gasteiger partial charge in [-0.25, -0.2) is 0 Å². The minimum Gasteiger partial charge on any atom is -0.508 e. The molecule has 0 saturated carbocycles. The van der Waals surface area contributed by atoms with E-state index >= 15 is 0 Å². The monoisotopic (exact) mass is 396 g/mol. The number of hydrogen-bond acceptors (Lipinski definition) is 2. The second-order valence-electron chi connectivity index (χ2n) is 8.15. The van der Waals surface area contributed by atoms with E-state index in [9.17, 15) is 10.2 Å². The summed E-state index contributed by atoms with van der Waals surface area (Å²) in [4.78, 5) is 0. The third kappa shape index (κ3) is 10.9. The highest BCUT2D eigenvalue weighted by Crippen LogP contribution is 2.36. The molecule has 0 heterocycles.